The van der Waals surface area contributed by atoms with Crippen LogP contribution in [0.1, 0.15) is 31.7 Å². The molecule has 2 nitrogen and oxygen atoms in total. The highest BCUT2D eigenvalue weighted by Crippen LogP contribution is 2.31. The highest BCUT2D eigenvalue weighted by Gasteiger charge is 2.22. The molecule has 1 aromatic carbocycles. The fourth-order valence-corrected chi connectivity index (χ4v) is 1.53. The molecule has 2 rings (SSSR count). The summed E-state index contributed by atoms with van der Waals surface area (Å²) in [7, 11) is 0. The van der Waals surface area contributed by atoms with Crippen molar-refractivity contribution in [3.8, 4) is 5.75 Å². The molecule has 0 spiro atoms. The predicted octanol–water partition coefficient (Wildman–Crippen LogP) is 3.36. The molecule has 1 saturated carbocycles. The molecule has 1 aliphatic carbocycles. The molecule has 1 fully saturated rings. The average Bonchev–Trinajstić information content (AvgIpc) is 3.02. The molecule has 0 radical (unpaired) electrons. The second-order valence-corrected chi connectivity index (χ2v) is 4.27. The van der Waals surface area contributed by atoms with Crippen molar-refractivity contribution in [2.24, 2.45) is 0 Å². The second-order valence-electron chi connectivity index (χ2n) is 4.27. The van der Waals surface area contributed by atoms with Crippen LogP contribution in [0.4, 0.5) is 5.69 Å². The normalized spacial score (nSPS) is 15.1. The SMILES string of the molecule is CCCOc1cc(C)ccc1NC1CC1. The molecule has 0 bridgehead atoms. The third kappa shape index (κ3) is 2.88. The molecular formula is C13H19NO. The molecule has 0 amide bonds. The zero-order chi connectivity index (χ0) is 10.7. The third-order valence-electron chi connectivity index (χ3n) is 2.54. The molecule has 82 valence electrons. The Morgan fingerprint density at radius 2 is 2.20 bits per heavy atom. The van der Waals surface area contributed by atoms with Gasteiger partial charge in [0.1, 0.15) is 5.75 Å². The first-order valence-corrected chi connectivity index (χ1v) is 5.79. The van der Waals surface area contributed by atoms with Crippen LogP contribution in [-0.4, -0.2) is 12.6 Å². The van der Waals surface area contributed by atoms with Crippen LogP contribution in [0.15, 0.2) is 18.2 Å². The largest absolute Gasteiger partial charge is 0.491 e. The monoisotopic (exact) mass is 205 g/mol. The predicted molar refractivity (Wildman–Crippen MR) is 63.6 cm³/mol. The van der Waals surface area contributed by atoms with Crippen molar-refractivity contribution >= 4 is 5.69 Å². The second kappa shape index (κ2) is 4.56. The molecule has 0 atom stereocenters. The lowest BCUT2D eigenvalue weighted by atomic mass is 10.2. The molecule has 2 heteroatoms. The highest BCUT2D eigenvalue weighted by molar-refractivity contribution is 5.58. The first-order valence-electron chi connectivity index (χ1n) is 5.79. The Bertz CT molecular complexity index is 331. The Kier molecular flexibility index (Phi) is 3.14. The minimum Gasteiger partial charge on any atom is -0.491 e. The van der Waals surface area contributed by atoms with E-state index in [1.165, 1.54) is 18.4 Å². The zero-order valence-electron chi connectivity index (χ0n) is 9.55. The van der Waals surface area contributed by atoms with Crippen LogP contribution in [0.2, 0.25) is 0 Å². The summed E-state index contributed by atoms with van der Waals surface area (Å²) in [5.41, 5.74) is 2.40. The van der Waals surface area contributed by atoms with Gasteiger partial charge in [0, 0.05) is 6.04 Å². The molecule has 0 aliphatic heterocycles. The fraction of sp³-hybridized carbons (Fsp3) is 0.538. The Hall–Kier alpha value is -1.18. The number of rotatable bonds is 5. The van der Waals surface area contributed by atoms with Gasteiger partial charge in [-0.3, -0.25) is 0 Å². The van der Waals surface area contributed by atoms with Crippen LogP contribution in [-0.2, 0) is 0 Å². The molecule has 0 unspecified atom stereocenters. The van der Waals surface area contributed by atoms with Gasteiger partial charge in [-0.25, -0.2) is 0 Å². The van der Waals surface area contributed by atoms with Crippen molar-refractivity contribution in [3.63, 3.8) is 0 Å². The molecule has 0 aromatic heterocycles. The highest BCUT2D eigenvalue weighted by atomic mass is 16.5. The van der Waals surface area contributed by atoms with Gasteiger partial charge in [0.15, 0.2) is 0 Å². The van der Waals surface area contributed by atoms with Crippen LogP contribution in [0.25, 0.3) is 0 Å². The van der Waals surface area contributed by atoms with Crippen molar-refractivity contribution in [3.05, 3.63) is 23.8 Å². The van der Waals surface area contributed by atoms with Crippen molar-refractivity contribution in [1.82, 2.24) is 0 Å². The summed E-state index contributed by atoms with van der Waals surface area (Å²) in [5, 5.41) is 3.50. The number of aryl methyl sites for hydroxylation is 1. The summed E-state index contributed by atoms with van der Waals surface area (Å²) >= 11 is 0. The number of hydrogen-bond acceptors (Lipinski definition) is 2. The maximum atomic E-state index is 5.73. The first kappa shape index (κ1) is 10.3. The summed E-state index contributed by atoms with van der Waals surface area (Å²) in [5.74, 6) is 1.00. The van der Waals surface area contributed by atoms with E-state index in [1.807, 2.05) is 0 Å². The molecule has 0 heterocycles. The van der Waals surface area contributed by atoms with Crippen molar-refractivity contribution in [2.75, 3.05) is 11.9 Å². The van der Waals surface area contributed by atoms with Gasteiger partial charge >= 0.3 is 0 Å². The smallest absolute Gasteiger partial charge is 0.142 e. The van der Waals surface area contributed by atoms with E-state index < -0.39 is 0 Å². The summed E-state index contributed by atoms with van der Waals surface area (Å²) in [6, 6.07) is 7.04. The van der Waals surface area contributed by atoms with Gasteiger partial charge in [-0.05, 0) is 43.9 Å². The van der Waals surface area contributed by atoms with E-state index in [9.17, 15) is 0 Å². The van der Waals surface area contributed by atoms with E-state index >= 15 is 0 Å². The minimum atomic E-state index is 0.677. The lowest BCUT2D eigenvalue weighted by Crippen LogP contribution is -2.05. The third-order valence-corrected chi connectivity index (χ3v) is 2.54. The molecule has 0 saturated heterocycles. The van der Waals surface area contributed by atoms with Crippen LogP contribution in [0.5, 0.6) is 5.75 Å². The van der Waals surface area contributed by atoms with Gasteiger partial charge < -0.3 is 10.1 Å². The number of ether oxygens (including phenoxy) is 1. The topological polar surface area (TPSA) is 21.3 Å². The maximum absolute atomic E-state index is 5.73. The molecule has 1 aromatic rings. The summed E-state index contributed by atoms with van der Waals surface area (Å²) < 4.78 is 5.73. The summed E-state index contributed by atoms with van der Waals surface area (Å²) in [6.07, 6.45) is 3.64. The van der Waals surface area contributed by atoms with Gasteiger partial charge in [0.25, 0.3) is 0 Å². The Morgan fingerprint density at radius 3 is 2.87 bits per heavy atom. The lowest BCUT2D eigenvalue weighted by molar-refractivity contribution is 0.318. The minimum absolute atomic E-state index is 0.677. The van der Waals surface area contributed by atoms with E-state index in [4.69, 9.17) is 4.74 Å². The van der Waals surface area contributed by atoms with Crippen molar-refractivity contribution in [2.45, 2.75) is 39.2 Å². The molecule has 1 N–H and O–H groups in total. The Balaban J connectivity index is 2.10. The Morgan fingerprint density at radius 1 is 1.40 bits per heavy atom. The zero-order valence-corrected chi connectivity index (χ0v) is 9.55. The summed E-state index contributed by atoms with van der Waals surface area (Å²) in [6.45, 7) is 5.02. The standard InChI is InChI=1S/C13H19NO/c1-3-8-15-13-9-10(2)4-7-12(13)14-11-5-6-11/h4,7,9,11,14H,3,5-6,8H2,1-2H3. The first-order chi connectivity index (χ1) is 7.29. The number of benzene rings is 1. The fourth-order valence-electron chi connectivity index (χ4n) is 1.53. The van der Waals surface area contributed by atoms with Crippen LogP contribution in [0.3, 0.4) is 0 Å². The van der Waals surface area contributed by atoms with Crippen molar-refractivity contribution < 1.29 is 4.74 Å². The molecular weight excluding hydrogens is 186 g/mol. The molecule has 15 heavy (non-hydrogen) atoms. The number of anilines is 1. The van der Waals surface area contributed by atoms with Gasteiger partial charge in [-0.2, -0.15) is 0 Å². The Labute approximate surface area is 91.6 Å². The quantitative estimate of drug-likeness (QED) is 0.795. The maximum Gasteiger partial charge on any atom is 0.142 e. The van der Waals surface area contributed by atoms with Gasteiger partial charge in [0.05, 0.1) is 12.3 Å². The van der Waals surface area contributed by atoms with E-state index in [1.54, 1.807) is 0 Å². The van der Waals surface area contributed by atoms with E-state index in [2.05, 4.69) is 37.4 Å². The van der Waals surface area contributed by atoms with Crippen LogP contribution in [0, 0.1) is 6.92 Å². The van der Waals surface area contributed by atoms with Gasteiger partial charge in [0.2, 0.25) is 0 Å². The van der Waals surface area contributed by atoms with Gasteiger partial charge in [-0.15, -0.1) is 0 Å². The average molecular weight is 205 g/mol. The number of nitrogens with one attached hydrogen (secondary N) is 1. The molecule has 1 aliphatic rings. The van der Waals surface area contributed by atoms with E-state index in [0.29, 0.717) is 6.04 Å². The van der Waals surface area contributed by atoms with Crippen LogP contribution >= 0.6 is 0 Å². The van der Waals surface area contributed by atoms with E-state index in [0.717, 1.165) is 24.5 Å². The van der Waals surface area contributed by atoms with Crippen molar-refractivity contribution in [1.29, 1.82) is 0 Å². The van der Waals surface area contributed by atoms with Gasteiger partial charge in [-0.1, -0.05) is 13.0 Å². The lowest BCUT2D eigenvalue weighted by Gasteiger charge is -2.13. The number of hydrogen-bond donors (Lipinski definition) is 1. The summed E-state index contributed by atoms with van der Waals surface area (Å²) in [4.78, 5) is 0. The van der Waals surface area contributed by atoms with E-state index in [-0.39, 0.29) is 0 Å². The van der Waals surface area contributed by atoms with Crippen LogP contribution < -0.4 is 10.1 Å².